The van der Waals surface area contributed by atoms with Crippen molar-refractivity contribution in [2.45, 2.75) is 33.1 Å². The maximum Gasteiger partial charge on any atom is -0.0233 e. The van der Waals surface area contributed by atoms with E-state index < -0.39 is 0 Å². The first-order valence-corrected chi connectivity index (χ1v) is 4.64. The molecule has 0 heterocycles. The normalized spacial score (nSPS) is 32.5. The van der Waals surface area contributed by atoms with E-state index in [1.54, 1.807) is 0 Å². The van der Waals surface area contributed by atoms with Crippen molar-refractivity contribution in [3.63, 3.8) is 0 Å². The minimum absolute atomic E-state index is 0.748. The van der Waals surface area contributed by atoms with Gasteiger partial charge in [-0.05, 0) is 31.1 Å². The SMILES string of the molecule is CC1C=CC=CCCCC1C. The van der Waals surface area contributed by atoms with Gasteiger partial charge in [-0.15, -0.1) is 0 Å². The van der Waals surface area contributed by atoms with E-state index in [1.807, 2.05) is 0 Å². The summed E-state index contributed by atoms with van der Waals surface area (Å²) < 4.78 is 0. The van der Waals surface area contributed by atoms with E-state index in [0.717, 1.165) is 11.8 Å². The topological polar surface area (TPSA) is 0 Å². The van der Waals surface area contributed by atoms with Crippen molar-refractivity contribution in [1.82, 2.24) is 0 Å². The molecule has 0 amide bonds. The highest BCUT2D eigenvalue weighted by atomic mass is 14.1. The Morgan fingerprint density at radius 1 is 1.18 bits per heavy atom. The quantitative estimate of drug-likeness (QED) is 0.495. The lowest BCUT2D eigenvalue weighted by atomic mass is 9.91. The maximum atomic E-state index is 2.35. The van der Waals surface area contributed by atoms with Crippen LogP contribution < -0.4 is 0 Å². The minimum atomic E-state index is 0.748. The molecule has 0 aromatic rings. The molecule has 0 fully saturated rings. The van der Waals surface area contributed by atoms with E-state index in [4.69, 9.17) is 0 Å². The van der Waals surface area contributed by atoms with Crippen molar-refractivity contribution >= 4 is 0 Å². The van der Waals surface area contributed by atoms with Crippen LogP contribution in [0, 0.1) is 11.8 Å². The number of allylic oxidation sites excluding steroid dienone is 4. The lowest BCUT2D eigenvalue weighted by Crippen LogP contribution is -2.04. The van der Waals surface area contributed by atoms with E-state index in [2.05, 4.69) is 38.2 Å². The fourth-order valence-electron chi connectivity index (χ4n) is 1.42. The summed E-state index contributed by atoms with van der Waals surface area (Å²) in [5.74, 6) is 1.60. The predicted molar refractivity (Wildman–Crippen MR) is 50.5 cm³/mol. The van der Waals surface area contributed by atoms with Crippen molar-refractivity contribution in [3.8, 4) is 0 Å². The molecule has 1 rings (SSSR count). The summed E-state index contributed by atoms with van der Waals surface area (Å²) >= 11 is 0. The summed E-state index contributed by atoms with van der Waals surface area (Å²) in [7, 11) is 0. The Hall–Kier alpha value is -0.520. The Morgan fingerprint density at radius 2 is 2.00 bits per heavy atom. The van der Waals surface area contributed by atoms with Crippen LogP contribution in [0.15, 0.2) is 24.3 Å². The molecule has 2 unspecified atom stereocenters. The standard InChI is InChI=1S/C11H18/c1-10-8-6-4-3-5-7-9-11(10)2/h3-4,6,8,10-11H,5,7,9H2,1-2H3. The van der Waals surface area contributed by atoms with Gasteiger partial charge in [0.15, 0.2) is 0 Å². The molecule has 0 saturated heterocycles. The van der Waals surface area contributed by atoms with Gasteiger partial charge in [0.1, 0.15) is 0 Å². The van der Waals surface area contributed by atoms with Gasteiger partial charge in [-0.2, -0.15) is 0 Å². The first kappa shape index (κ1) is 8.58. The van der Waals surface area contributed by atoms with Gasteiger partial charge in [0, 0.05) is 0 Å². The molecule has 0 aromatic heterocycles. The molecule has 62 valence electrons. The second-order valence-corrected chi connectivity index (χ2v) is 3.58. The Bertz CT molecular complexity index is 153. The summed E-state index contributed by atoms with van der Waals surface area (Å²) in [6.07, 6.45) is 12.9. The van der Waals surface area contributed by atoms with E-state index >= 15 is 0 Å². The maximum absolute atomic E-state index is 2.35. The van der Waals surface area contributed by atoms with Gasteiger partial charge in [0.2, 0.25) is 0 Å². The molecule has 1 aliphatic carbocycles. The zero-order valence-corrected chi connectivity index (χ0v) is 7.59. The van der Waals surface area contributed by atoms with Crippen molar-refractivity contribution in [2.75, 3.05) is 0 Å². The molecular weight excluding hydrogens is 132 g/mol. The Kier molecular flexibility index (Phi) is 3.41. The Morgan fingerprint density at radius 3 is 2.82 bits per heavy atom. The molecule has 0 N–H and O–H groups in total. The zero-order chi connectivity index (χ0) is 8.10. The zero-order valence-electron chi connectivity index (χ0n) is 7.59. The summed E-state index contributed by atoms with van der Waals surface area (Å²) in [4.78, 5) is 0. The monoisotopic (exact) mass is 150 g/mol. The molecule has 0 spiro atoms. The summed E-state index contributed by atoms with van der Waals surface area (Å²) in [6.45, 7) is 4.65. The fraction of sp³-hybridized carbons (Fsp3) is 0.636. The highest BCUT2D eigenvalue weighted by Crippen LogP contribution is 2.20. The van der Waals surface area contributed by atoms with Gasteiger partial charge < -0.3 is 0 Å². The van der Waals surface area contributed by atoms with Gasteiger partial charge in [-0.1, -0.05) is 38.2 Å². The summed E-state index contributed by atoms with van der Waals surface area (Å²) in [6, 6.07) is 0. The molecule has 0 bridgehead atoms. The Balaban J connectivity index is 2.52. The second kappa shape index (κ2) is 4.38. The van der Waals surface area contributed by atoms with Crippen LogP contribution in [0.2, 0.25) is 0 Å². The van der Waals surface area contributed by atoms with Crippen LogP contribution in [0.25, 0.3) is 0 Å². The average molecular weight is 150 g/mol. The average Bonchev–Trinajstić information content (AvgIpc) is 2.07. The van der Waals surface area contributed by atoms with Crippen molar-refractivity contribution < 1.29 is 0 Å². The van der Waals surface area contributed by atoms with Crippen LogP contribution in [-0.2, 0) is 0 Å². The van der Waals surface area contributed by atoms with Crippen molar-refractivity contribution in [1.29, 1.82) is 0 Å². The van der Waals surface area contributed by atoms with Crippen LogP contribution in [0.1, 0.15) is 33.1 Å². The van der Waals surface area contributed by atoms with Crippen molar-refractivity contribution in [2.24, 2.45) is 11.8 Å². The third-order valence-electron chi connectivity index (χ3n) is 2.59. The first-order valence-electron chi connectivity index (χ1n) is 4.64. The van der Waals surface area contributed by atoms with Crippen LogP contribution in [-0.4, -0.2) is 0 Å². The predicted octanol–water partition coefficient (Wildman–Crippen LogP) is 3.55. The third kappa shape index (κ3) is 2.92. The number of hydrogen-bond acceptors (Lipinski definition) is 0. The molecule has 0 nitrogen and oxygen atoms in total. The summed E-state index contributed by atoms with van der Waals surface area (Å²) in [5, 5.41) is 0. The van der Waals surface area contributed by atoms with E-state index in [0.29, 0.717) is 0 Å². The largest absolute Gasteiger partial charge is 0.0845 e. The number of rotatable bonds is 0. The molecule has 2 atom stereocenters. The molecule has 11 heavy (non-hydrogen) atoms. The highest BCUT2D eigenvalue weighted by Gasteiger charge is 2.08. The van der Waals surface area contributed by atoms with Gasteiger partial charge in [-0.25, -0.2) is 0 Å². The number of hydrogen-bond donors (Lipinski definition) is 0. The highest BCUT2D eigenvalue weighted by molar-refractivity contribution is 5.05. The van der Waals surface area contributed by atoms with Crippen LogP contribution in [0.5, 0.6) is 0 Å². The third-order valence-corrected chi connectivity index (χ3v) is 2.59. The molecule has 0 aromatic carbocycles. The van der Waals surface area contributed by atoms with E-state index in [9.17, 15) is 0 Å². The molecular formula is C11H18. The lowest BCUT2D eigenvalue weighted by molar-refractivity contribution is 0.418. The van der Waals surface area contributed by atoms with Gasteiger partial charge >= 0.3 is 0 Å². The molecule has 0 radical (unpaired) electrons. The van der Waals surface area contributed by atoms with E-state index in [-0.39, 0.29) is 0 Å². The van der Waals surface area contributed by atoms with Gasteiger partial charge in [0.05, 0.1) is 0 Å². The van der Waals surface area contributed by atoms with Crippen LogP contribution in [0.4, 0.5) is 0 Å². The molecule has 0 saturated carbocycles. The first-order chi connectivity index (χ1) is 5.30. The minimum Gasteiger partial charge on any atom is -0.0845 e. The smallest absolute Gasteiger partial charge is 0.0233 e. The summed E-state index contributed by atoms with van der Waals surface area (Å²) in [5.41, 5.74) is 0. The second-order valence-electron chi connectivity index (χ2n) is 3.58. The van der Waals surface area contributed by atoms with Crippen LogP contribution in [0.3, 0.4) is 0 Å². The van der Waals surface area contributed by atoms with Crippen LogP contribution >= 0.6 is 0 Å². The molecule has 0 aliphatic heterocycles. The van der Waals surface area contributed by atoms with E-state index in [1.165, 1.54) is 19.3 Å². The lowest BCUT2D eigenvalue weighted by Gasteiger charge is -2.14. The Labute approximate surface area is 70.0 Å². The van der Waals surface area contributed by atoms with Gasteiger partial charge in [-0.3, -0.25) is 0 Å². The fourth-order valence-corrected chi connectivity index (χ4v) is 1.42. The molecule has 1 aliphatic rings. The van der Waals surface area contributed by atoms with Crippen molar-refractivity contribution in [3.05, 3.63) is 24.3 Å². The molecule has 0 heteroatoms. The van der Waals surface area contributed by atoms with Gasteiger partial charge in [0.25, 0.3) is 0 Å².